The fourth-order valence-electron chi connectivity index (χ4n) is 3.95. The third kappa shape index (κ3) is 2.71. The number of ether oxygens (including phenoxy) is 1. The summed E-state index contributed by atoms with van der Waals surface area (Å²) in [6, 6.07) is 6.17. The maximum atomic E-state index is 12.1. The second kappa shape index (κ2) is 6.87. The third-order valence-corrected chi connectivity index (χ3v) is 4.97. The average Bonchev–Trinajstić information content (AvgIpc) is 2.60. The van der Waals surface area contributed by atoms with Gasteiger partial charge in [-0.25, -0.2) is 4.79 Å². The number of hydrogen-bond acceptors (Lipinski definition) is 6. The minimum Gasteiger partial charge on any atom is -0.450 e. The molecule has 130 valence electrons. The van der Waals surface area contributed by atoms with Crippen molar-refractivity contribution < 1.29 is 9.53 Å². The predicted molar refractivity (Wildman–Crippen MR) is 89.0 cm³/mol. The summed E-state index contributed by atoms with van der Waals surface area (Å²) in [7, 11) is 0. The van der Waals surface area contributed by atoms with Gasteiger partial charge in [0.15, 0.2) is 5.41 Å². The van der Waals surface area contributed by atoms with E-state index in [9.17, 15) is 20.6 Å². The molecule has 2 rings (SSSR count). The summed E-state index contributed by atoms with van der Waals surface area (Å²) in [5.74, 6) is -0.795. The van der Waals surface area contributed by atoms with Crippen molar-refractivity contribution in [3.8, 4) is 18.2 Å². The lowest BCUT2D eigenvalue weighted by Crippen LogP contribution is -2.52. The molecule has 1 heterocycles. The van der Waals surface area contributed by atoms with Crippen LogP contribution in [-0.4, -0.2) is 30.7 Å². The number of nitrogens with two attached hydrogens (primary N) is 1. The second-order valence-corrected chi connectivity index (χ2v) is 6.57. The van der Waals surface area contributed by atoms with Gasteiger partial charge in [-0.3, -0.25) is 0 Å². The summed E-state index contributed by atoms with van der Waals surface area (Å²) in [6.07, 6.45) is 1.34. The van der Waals surface area contributed by atoms with Gasteiger partial charge in [0.05, 0.1) is 30.0 Å². The van der Waals surface area contributed by atoms with Gasteiger partial charge in [-0.05, 0) is 18.4 Å². The van der Waals surface area contributed by atoms with Gasteiger partial charge < -0.3 is 15.4 Å². The Hall–Kier alpha value is -2.98. The highest BCUT2D eigenvalue weighted by Crippen LogP contribution is 2.52. The van der Waals surface area contributed by atoms with Crippen molar-refractivity contribution in [2.75, 3.05) is 19.7 Å². The fraction of sp³-hybridized carbons (Fsp3) is 0.556. The van der Waals surface area contributed by atoms with E-state index in [2.05, 4.69) is 18.2 Å². The van der Waals surface area contributed by atoms with Gasteiger partial charge >= 0.3 is 6.09 Å². The molecule has 0 saturated heterocycles. The Bertz CT molecular complexity index is 746. The number of fused-ring (bicyclic) bond motifs is 1. The molecule has 1 amide bonds. The number of carbonyl (C=O) groups is 1. The lowest BCUT2D eigenvalue weighted by atomic mass is 9.57. The van der Waals surface area contributed by atoms with Crippen LogP contribution in [0.25, 0.3) is 0 Å². The number of hydrogen-bond donors (Lipinski definition) is 1. The van der Waals surface area contributed by atoms with Gasteiger partial charge in [0, 0.05) is 24.9 Å². The van der Waals surface area contributed by atoms with Crippen molar-refractivity contribution in [3.05, 3.63) is 22.9 Å². The van der Waals surface area contributed by atoms with Gasteiger partial charge in [0.1, 0.15) is 6.07 Å². The molecular weight excluding hydrogens is 318 g/mol. The van der Waals surface area contributed by atoms with Crippen LogP contribution in [0.4, 0.5) is 4.79 Å². The Morgan fingerprint density at radius 3 is 2.56 bits per heavy atom. The molecular formula is C18H21N5O2. The van der Waals surface area contributed by atoms with E-state index in [4.69, 9.17) is 10.5 Å². The van der Waals surface area contributed by atoms with E-state index >= 15 is 0 Å². The van der Waals surface area contributed by atoms with Crippen molar-refractivity contribution in [1.29, 1.82) is 15.8 Å². The lowest BCUT2D eigenvalue weighted by molar-refractivity contribution is 0.0860. The number of nitriles is 3. The molecule has 2 aliphatic rings. The van der Waals surface area contributed by atoms with E-state index in [1.165, 1.54) is 4.90 Å². The largest absolute Gasteiger partial charge is 0.450 e. The molecule has 7 nitrogen and oxygen atoms in total. The highest BCUT2D eigenvalue weighted by molar-refractivity contribution is 5.69. The molecule has 25 heavy (non-hydrogen) atoms. The van der Waals surface area contributed by atoms with Crippen LogP contribution in [-0.2, 0) is 4.74 Å². The Morgan fingerprint density at radius 1 is 1.44 bits per heavy atom. The Labute approximate surface area is 147 Å². The van der Waals surface area contributed by atoms with Crippen LogP contribution in [0.15, 0.2) is 22.9 Å². The molecule has 1 aliphatic heterocycles. The maximum absolute atomic E-state index is 12.1. The topological polar surface area (TPSA) is 127 Å². The zero-order valence-corrected chi connectivity index (χ0v) is 14.6. The minimum absolute atomic E-state index is 0.0192. The number of allylic oxidation sites excluding steroid dienone is 2. The summed E-state index contributed by atoms with van der Waals surface area (Å²) < 4.78 is 5.06. The first-order chi connectivity index (χ1) is 11.9. The second-order valence-electron chi connectivity index (χ2n) is 6.57. The number of nitrogens with zero attached hydrogens (tertiary/aromatic N) is 4. The summed E-state index contributed by atoms with van der Waals surface area (Å²) >= 11 is 0. The average molecular weight is 339 g/mol. The monoisotopic (exact) mass is 339 g/mol. The standard InChI is InChI=1S/C18H21N5O2/c1-4-25-17(24)23-6-5-12-13(7-19)16(22)18(9-20,10-21)15(11(2)3)14(12)8-23/h5,11,14-15H,4,6,8,22H2,1-3H3/t14-,15+/m0/s1. The normalized spacial score (nSPS) is 24.5. The van der Waals surface area contributed by atoms with Gasteiger partial charge in [0.25, 0.3) is 0 Å². The van der Waals surface area contributed by atoms with Gasteiger partial charge in [-0.1, -0.05) is 19.9 Å². The van der Waals surface area contributed by atoms with E-state index in [0.29, 0.717) is 6.54 Å². The van der Waals surface area contributed by atoms with E-state index < -0.39 is 17.4 Å². The zero-order valence-electron chi connectivity index (χ0n) is 14.6. The fourth-order valence-corrected chi connectivity index (χ4v) is 3.95. The molecule has 1 aliphatic carbocycles. The summed E-state index contributed by atoms with van der Waals surface area (Å²) in [5, 5.41) is 29.1. The van der Waals surface area contributed by atoms with Crippen LogP contribution in [0.2, 0.25) is 0 Å². The van der Waals surface area contributed by atoms with Crippen molar-refractivity contribution in [3.63, 3.8) is 0 Å². The van der Waals surface area contributed by atoms with Crippen molar-refractivity contribution in [2.24, 2.45) is 28.9 Å². The summed E-state index contributed by atoms with van der Waals surface area (Å²) in [6.45, 7) is 6.42. The predicted octanol–water partition coefficient (Wildman–Crippen LogP) is 2.06. The molecule has 0 aromatic rings. The number of rotatable bonds is 2. The first-order valence-electron chi connectivity index (χ1n) is 8.22. The third-order valence-electron chi connectivity index (χ3n) is 4.97. The van der Waals surface area contributed by atoms with E-state index in [1.807, 2.05) is 13.8 Å². The van der Waals surface area contributed by atoms with Crippen LogP contribution >= 0.6 is 0 Å². The highest BCUT2D eigenvalue weighted by Gasteiger charge is 2.55. The van der Waals surface area contributed by atoms with E-state index in [0.717, 1.165) is 5.57 Å². The Kier molecular flexibility index (Phi) is 5.04. The van der Waals surface area contributed by atoms with Crippen molar-refractivity contribution in [1.82, 2.24) is 4.90 Å². The molecule has 7 heteroatoms. The van der Waals surface area contributed by atoms with Crippen LogP contribution in [0.5, 0.6) is 0 Å². The van der Waals surface area contributed by atoms with E-state index in [-0.39, 0.29) is 36.3 Å². The molecule has 0 saturated carbocycles. The molecule has 0 spiro atoms. The van der Waals surface area contributed by atoms with Gasteiger partial charge in [-0.2, -0.15) is 15.8 Å². The van der Waals surface area contributed by atoms with Crippen molar-refractivity contribution in [2.45, 2.75) is 20.8 Å². The molecule has 0 unspecified atom stereocenters. The van der Waals surface area contributed by atoms with Crippen molar-refractivity contribution >= 4 is 6.09 Å². The van der Waals surface area contributed by atoms with Gasteiger partial charge in [0.2, 0.25) is 0 Å². The minimum atomic E-state index is -1.58. The number of amides is 1. The first kappa shape index (κ1) is 18.4. The highest BCUT2D eigenvalue weighted by atomic mass is 16.6. The maximum Gasteiger partial charge on any atom is 0.410 e. The van der Waals surface area contributed by atoms with E-state index in [1.54, 1.807) is 13.0 Å². The van der Waals surface area contributed by atoms with Crippen LogP contribution < -0.4 is 5.73 Å². The molecule has 2 atom stereocenters. The quantitative estimate of drug-likeness (QED) is 0.820. The zero-order chi connectivity index (χ0) is 18.8. The van der Waals surface area contributed by atoms with Crippen LogP contribution in [0, 0.1) is 57.2 Å². The summed E-state index contributed by atoms with van der Waals surface area (Å²) in [5.41, 5.74) is 5.48. The molecule has 0 radical (unpaired) electrons. The van der Waals surface area contributed by atoms with Crippen LogP contribution in [0.3, 0.4) is 0 Å². The number of carbonyl (C=O) groups excluding carboxylic acids is 1. The van der Waals surface area contributed by atoms with Gasteiger partial charge in [-0.15, -0.1) is 0 Å². The van der Waals surface area contributed by atoms with Crippen LogP contribution in [0.1, 0.15) is 20.8 Å². The molecule has 2 N–H and O–H groups in total. The molecule has 0 aromatic heterocycles. The summed E-state index contributed by atoms with van der Waals surface area (Å²) in [4.78, 5) is 13.6. The Balaban J connectivity index is 2.63. The molecule has 0 aromatic carbocycles. The first-order valence-corrected chi connectivity index (χ1v) is 8.22. The SMILES string of the molecule is CCOC(=O)N1CC=C2C(C#N)=C(N)C(C#N)(C#N)[C@H](C(C)C)[C@H]2C1. The lowest BCUT2D eigenvalue weighted by Gasteiger charge is -2.46. The smallest absolute Gasteiger partial charge is 0.410 e. The molecule has 0 fully saturated rings. The molecule has 0 bridgehead atoms. The Morgan fingerprint density at radius 2 is 2.08 bits per heavy atom.